The number of benzene rings is 2. The lowest BCUT2D eigenvalue weighted by Gasteiger charge is -2.27. The van der Waals surface area contributed by atoms with Gasteiger partial charge in [-0.25, -0.2) is 0 Å². The van der Waals surface area contributed by atoms with Gasteiger partial charge in [-0.15, -0.1) is 0 Å². The monoisotopic (exact) mass is 253 g/mol. The van der Waals surface area contributed by atoms with Crippen molar-refractivity contribution in [3.05, 3.63) is 59.7 Å². The maximum atomic E-state index is 5.27. The van der Waals surface area contributed by atoms with Gasteiger partial charge in [0.2, 0.25) is 0 Å². The van der Waals surface area contributed by atoms with Gasteiger partial charge < -0.3 is 10.1 Å². The van der Waals surface area contributed by atoms with E-state index in [0.29, 0.717) is 6.04 Å². The van der Waals surface area contributed by atoms with Crippen LogP contribution in [0.3, 0.4) is 0 Å². The lowest BCUT2D eigenvalue weighted by molar-refractivity contribution is 0.415. The first-order valence-corrected chi connectivity index (χ1v) is 6.85. The zero-order chi connectivity index (χ0) is 13.1. The number of hydrogen-bond acceptors (Lipinski definition) is 2. The van der Waals surface area contributed by atoms with Gasteiger partial charge in [-0.3, -0.25) is 0 Å². The first kappa shape index (κ1) is 12.1. The average molecular weight is 253 g/mol. The molecule has 1 unspecified atom stereocenters. The van der Waals surface area contributed by atoms with Gasteiger partial charge in [-0.05, 0) is 42.5 Å². The Morgan fingerprint density at radius 2 is 2.00 bits per heavy atom. The van der Waals surface area contributed by atoms with Crippen molar-refractivity contribution in [3.8, 4) is 5.75 Å². The Balaban J connectivity index is 1.84. The molecule has 2 aromatic carbocycles. The topological polar surface area (TPSA) is 21.3 Å². The van der Waals surface area contributed by atoms with Crippen LogP contribution >= 0.6 is 0 Å². The summed E-state index contributed by atoms with van der Waals surface area (Å²) in [4.78, 5) is 0. The molecule has 0 heterocycles. The van der Waals surface area contributed by atoms with Gasteiger partial charge in [0.1, 0.15) is 5.75 Å². The molecule has 0 radical (unpaired) electrons. The molecule has 3 rings (SSSR count). The van der Waals surface area contributed by atoms with Crippen LogP contribution in [0.25, 0.3) is 0 Å². The molecule has 0 spiro atoms. The summed E-state index contributed by atoms with van der Waals surface area (Å²) in [6.45, 7) is 0. The fraction of sp³-hybridized carbons (Fsp3) is 0.294. The van der Waals surface area contributed by atoms with Gasteiger partial charge >= 0.3 is 0 Å². The molecule has 0 bridgehead atoms. The van der Waals surface area contributed by atoms with E-state index in [2.05, 4.69) is 41.7 Å². The summed E-state index contributed by atoms with van der Waals surface area (Å²) in [6.07, 6.45) is 3.64. The van der Waals surface area contributed by atoms with Crippen molar-refractivity contribution in [1.82, 2.24) is 0 Å². The van der Waals surface area contributed by atoms with Gasteiger partial charge in [0, 0.05) is 11.8 Å². The van der Waals surface area contributed by atoms with E-state index in [1.807, 2.05) is 12.1 Å². The van der Waals surface area contributed by atoms with Crippen molar-refractivity contribution in [2.45, 2.75) is 25.3 Å². The number of nitrogens with one attached hydrogen (secondary N) is 1. The second-order valence-corrected chi connectivity index (χ2v) is 5.02. The van der Waals surface area contributed by atoms with Gasteiger partial charge in [0.25, 0.3) is 0 Å². The minimum atomic E-state index is 0.414. The van der Waals surface area contributed by atoms with Crippen LogP contribution in [0.4, 0.5) is 5.69 Å². The van der Waals surface area contributed by atoms with Gasteiger partial charge in [-0.2, -0.15) is 0 Å². The molecule has 1 aliphatic carbocycles. The number of ether oxygens (including phenoxy) is 1. The first-order chi connectivity index (χ1) is 9.36. The van der Waals surface area contributed by atoms with Crippen LogP contribution in [0.5, 0.6) is 5.75 Å². The summed E-state index contributed by atoms with van der Waals surface area (Å²) in [5.74, 6) is 0.897. The fourth-order valence-corrected chi connectivity index (χ4v) is 2.82. The summed E-state index contributed by atoms with van der Waals surface area (Å²) in [6, 6.07) is 17.3. The second-order valence-electron chi connectivity index (χ2n) is 5.02. The Labute approximate surface area is 114 Å². The van der Waals surface area contributed by atoms with Crippen LogP contribution in [-0.4, -0.2) is 7.11 Å². The molecule has 1 N–H and O–H groups in total. The molecule has 1 atom stereocenters. The molecule has 2 nitrogen and oxygen atoms in total. The number of aryl methyl sites for hydroxylation is 1. The summed E-state index contributed by atoms with van der Waals surface area (Å²) in [5, 5.41) is 3.63. The smallest absolute Gasteiger partial charge is 0.120 e. The van der Waals surface area contributed by atoms with Crippen molar-refractivity contribution in [3.63, 3.8) is 0 Å². The van der Waals surface area contributed by atoms with Gasteiger partial charge in [-0.1, -0.05) is 30.3 Å². The third kappa shape index (κ3) is 2.58. The van der Waals surface area contributed by atoms with E-state index in [1.165, 1.54) is 30.4 Å². The molecule has 0 saturated heterocycles. The molecule has 0 saturated carbocycles. The molecule has 0 fully saturated rings. The number of fused-ring (bicyclic) bond motifs is 1. The number of hydrogen-bond donors (Lipinski definition) is 1. The highest BCUT2D eigenvalue weighted by Gasteiger charge is 2.19. The van der Waals surface area contributed by atoms with Crippen molar-refractivity contribution in [1.29, 1.82) is 0 Å². The molecule has 19 heavy (non-hydrogen) atoms. The normalized spacial score (nSPS) is 17.6. The molecule has 98 valence electrons. The van der Waals surface area contributed by atoms with Gasteiger partial charge in [0.05, 0.1) is 13.2 Å². The predicted octanol–water partition coefficient (Wildman–Crippen LogP) is 4.18. The van der Waals surface area contributed by atoms with Crippen LogP contribution in [0.1, 0.15) is 30.0 Å². The van der Waals surface area contributed by atoms with Crippen molar-refractivity contribution in [2.24, 2.45) is 0 Å². The summed E-state index contributed by atoms with van der Waals surface area (Å²) < 4.78 is 5.27. The highest BCUT2D eigenvalue weighted by molar-refractivity contribution is 5.51. The van der Waals surface area contributed by atoms with Crippen LogP contribution < -0.4 is 10.1 Å². The fourth-order valence-electron chi connectivity index (χ4n) is 2.82. The zero-order valence-electron chi connectivity index (χ0n) is 11.2. The minimum Gasteiger partial charge on any atom is -0.497 e. The number of anilines is 1. The Bertz CT molecular complexity index is 565. The van der Waals surface area contributed by atoms with Crippen molar-refractivity contribution in [2.75, 3.05) is 12.4 Å². The molecule has 0 amide bonds. The Kier molecular flexibility index (Phi) is 3.41. The molecule has 0 aromatic heterocycles. The predicted molar refractivity (Wildman–Crippen MR) is 78.7 cm³/mol. The van der Waals surface area contributed by atoms with E-state index >= 15 is 0 Å². The molecule has 0 aliphatic heterocycles. The largest absolute Gasteiger partial charge is 0.497 e. The van der Waals surface area contributed by atoms with Crippen LogP contribution in [0, 0.1) is 0 Å². The summed E-state index contributed by atoms with van der Waals surface area (Å²) in [7, 11) is 1.70. The third-order valence-corrected chi connectivity index (χ3v) is 3.78. The zero-order valence-corrected chi connectivity index (χ0v) is 11.2. The summed E-state index contributed by atoms with van der Waals surface area (Å²) >= 11 is 0. The highest BCUT2D eigenvalue weighted by Crippen LogP contribution is 2.32. The Hall–Kier alpha value is -1.96. The maximum Gasteiger partial charge on any atom is 0.120 e. The third-order valence-electron chi connectivity index (χ3n) is 3.78. The van der Waals surface area contributed by atoms with E-state index in [4.69, 9.17) is 4.74 Å². The highest BCUT2D eigenvalue weighted by atomic mass is 16.5. The summed E-state index contributed by atoms with van der Waals surface area (Å²) in [5.41, 5.74) is 4.05. The number of rotatable bonds is 3. The van der Waals surface area contributed by atoms with E-state index in [9.17, 15) is 0 Å². The average Bonchev–Trinajstić information content (AvgIpc) is 2.48. The van der Waals surface area contributed by atoms with Crippen molar-refractivity contribution < 1.29 is 4.74 Å². The Morgan fingerprint density at radius 1 is 1.11 bits per heavy atom. The molecule has 2 aromatic rings. The molecule has 2 heteroatoms. The molecule has 1 aliphatic rings. The lowest BCUT2D eigenvalue weighted by atomic mass is 9.87. The molecular weight excluding hydrogens is 234 g/mol. The number of methoxy groups -OCH3 is 1. The minimum absolute atomic E-state index is 0.414. The quantitative estimate of drug-likeness (QED) is 0.885. The van der Waals surface area contributed by atoms with Crippen LogP contribution in [-0.2, 0) is 6.42 Å². The van der Waals surface area contributed by atoms with Crippen LogP contribution in [0.15, 0.2) is 48.5 Å². The van der Waals surface area contributed by atoms with E-state index in [-0.39, 0.29) is 0 Å². The molecular formula is C17H19NO. The first-order valence-electron chi connectivity index (χ1n) is 6.85. The lowest BCUT2D eigenvalue weighted by Crippen LogP contribution is -2.17. The van der Waals surface area contributed by atoms with Crippen LogP contribution in [0.2, 0.25) is 0 Å². The SMILES string of the molecule is COc1cccc(NC2CCCc3ccccc32)c1. The van der Waals surface area contributed by atoms with E-state index in [0.717, 1.165) is 11.4 Å². The van der Waals surface area contributed by atoms with E-state index < -0.39 is 0 Å². The standard InChI is InChI=1S/C17H19NO/c1-19-15-9-5-8-14(12-15)18-17-11-4-7-13-6-2-3-10-16(13)17/h2-3,5-6,8-10,12,17-18H,4,7,11H2,1H3. The van der Waals surface area contributed by atoms with Crippen molar-refractivity contribution >= 4 is 5.69 Å². The Morgan fingerprint density at radius 3 is 2.89 bits per heavy atom. The second kappa shape index (κ2) is 5.35. The van der Waals surface area contributed by atoms with Gasteiger partial charge in [0.15, 0.2) is 0 Å². The maximum absolute atomic E-state index is 5.27. The van der Waals surface area contributed by atoms with E-state index in [1.54, 1.807) is 7.11 Å².